The van der Waals surface area contributed by atoms with E-state index in [0.29, 0.717) is 12.8 Å². The molecular weight excluding hydrogens is 483 g/mol. The molecule has 8 heteroatoms. The largest absolute Gasteiger partial charge is 0.334 e. The fraction of sp³-hybridized carbons (Fsp3) is 0.407. The van der Waals surface area contributed by atoms with E-state index in [0.717, 1.165) is 16.7 Å². The summed E-state index contributed by atoms with van der Waals surface area (Å²) in [5.41, 5.74) is 2.41. The van der Waals surface area contributed by atoms with E-state index in [1.54, 1.807) is 27.7 Å². The summed E-state index contributed by atoms with van der Waals surface area (Å²) in [6.07, 6.45) is 0.360. The summed E-state index contributed by atoms with van der Waals surface area (Å²) in [6.45, 7) is 7.06. The molecule has 0 saturated carbocycles. The van der Waals surface area contributed by atoms with Crippen LogP contribution in [0.4, 0.5) is 0 Å². The van der Waals surface area contributed by atoms with E-state index in [1.807, 2.05) is 24.3 Å². The summed E-state index contributed by atoms with van der Waals surface area (Å²) in [5, 5.41) is 2.38. The van der Waals surface area contributed by atoms with Crippen molar-refractivity contribution >= 4 is 28.5 Å². The van der Waals surface area contributed by atoms with Crippen LogP contribution >= 0.6 is 7.60 Å². The van der Waals surface area contributed by atoms with Gasteiger partial charge in [0.05, 0.1) is 30.7 Å². The third-order valence-corrected chi connectivity index (χ3v) is 9.91. The van der Waals surface area contributed by atoms with Crippen molar-refractivity contribution in [3.63, 3.8) is 0 Å². The molecule has 0 spiro atoms. The fourth-order valence-corrected chi connectivity index (χ4v) is 8.32. The molecule has 0 N–H and O–H groups in total. The molecule has 6 nitrogen and oxygen atoms in total. The van der Waals surface area contributed by atoms with Gasteiger partial charge in [0.1, 0.15) is 0 Å². The van der Waals surface area contributed by atoms with Gasteiger partial charge in [-0.25, -0.2) is 0 Å². The second kappa shape index (κ2) is 12.3. The maximum Gasteiger partial charge on any atom is 0.334 e. The van der Waals surface area contributed by atoms with Gasteiger partial charge >= 0.3 is 7.60 Å². The maximum absolute atomic E-state index is 13.5. The normalized spacial score (nSPS) is 13.4. The van der Waals surface area contributed by atoms with Crippen LogP contribution in [0.3, 0.4) is 0 Å². The first-order chi connectivity index (χ1) is 16.7. The molecular formula is C27H35O6PS. The van der Waals surface area contributed by atoms with E-state index >= 15 is 0 Å². The van der Waals surface area contributed by atoms with Crippen LogP contribution in [0.15, 0.2) is 66.7 Å². The van der Waals surface area contributed by atoms with Crippen LogP contribution in [0.25, 0.3) is 21.9 Å². The highest BCUT2D eigenvalue weighted by atomic mass is 32.2. The van der Waals surface area contributed by atoms with Gasteiger partial charge in [-0.15, -0.1) is 0 Å². The molecule has 0 fully saturated rings. The van der Waals surface area contributed by atoms with Crippen molar-refractivity contribution < 1.29 is 26.2 Å². The first-order valence-corrected chi connectivity index (χ1v) is 15.2. The lowest BCUT2D eigenvalue weighted by Crippen LogP contribution is -2.27. The average molecular weight is 519 g/mol. The molecule has 0 aliphatic heterocycles. The Bertz CT molecular complexity index is 1240. The van der Waals surface area contributed by atoms with Crippen molar-refractivity contribution in [2.24, 2.45) is 0 Å². The van der Waals surface area contributed by atoms with Gasteiger partial charge in [-0.2, -0.15) is 8.42 Å². The van der Waals surface area contributed by atoms with Crippen LogP contribution in [-0.2, 0) is 34.3 Å². The van der Waals surface area contributed by atoms with Gasteiger partial charge in [0.2, 0.25) is 0 Å². The predicted molar refractivity (Wildman–Crippen MR) is 142 cm³/mol. The van der Waals surface area contributed by atoms with Gasteiger partial charge in [0.25, 0.3) is 10.1 Å². The molecule has 3 rings (SSSR count). The smallest absolute Gasteiger partial charge is 0.309 e. The van der Waals surface area contributed by atoms with Crippen molar-refractivity contribution in [1.29, 1.82) is 0 Å². The highest BCUT2D eigenvalue weighted by Gasteiger charge is 2.39. The fourth-order valence-electron chi connectivity index (χ4n) is 4.07. The molecule has 0 aromatic heterocycles. The van der Waals surface area contributed by atoms with E-state index in [-0.39, 0.29) is 13.2 Å². The lowest BCUT2D eigenvalue weighted by atomic mass is 9.99. The van der Waals surface area contributed by atoms with Crippen LogP contribution in [0, 0.1) is 0 Å². The van der Waals surface area contributed by atoms with Crippen LogP contribution in [0.5, 0.6) is 0 Å². The molecule has 3 aromatic carbocycles. The summed E-state index contributed by atoms with van der Waals surface area (Å²) in [5.74, 6) is -0.419. The standard InChI is InChI=1S/C27H35O6PS/c1-5-31-34(28,32-6-2)27(20-35(29,30)33-21(3)4)18-13-22-11-14-24(15-12-22)26-17-16-23-9-7-8-10-25(23)19-26/h7-12,14-17,19,21,27H,5-6,13,18,20H2,1-4H3. The van der Waals surface area contributed by atoms with Crippen molar-refractivity contribution in [3.05, 3.63) is 72.3 Å². The Morgan fingerprint density at radius 1 is 0.829 bits per heavy atom. The average Bonchev–Trinajstić information content (AvgIpc) is 2.81. The Hall–Kier alpha value is -2.02. The number of benzene rings is 3. The Balaban J connectivity index is 1.78. The Morgan fingerprint density at radius 2 is 1.43 bits per heavy atom. The molecule has 0 heterocycles. The van der Waals surface area contributed by atoms with E-state index in [2.05, 4.69) is 42.5 Å². The van der Waals surface area contributed by atoms with Crippen LogP contribution in [0.1, 0.15) is 39.7 Å². The summed E-state index contributed by atoms with van der Waals surface area (Å²) in [4.78, 5) is 0. The third-order valence-electron chi connectivity index (χ3n) is 5.60. The minimum atomic E-state index is -3.90. The summed E-state index contributed by atoms with van der Waals surface area (Å²) >= 11 is 0. The van der Waals surface area contributed by atoms with Gasteiger partial charge < -0.3 is 9.05 Å². The highest BCUT2D eigenvalue weighted by Crippen LogP contribution is 2.55. The van der Waals surface area contributed by atoms with Crippen LogP contribution in [0.2, 0.25) is 0 Å². The SMILES string of the molecule is CCOP(=O)(OCC)C(CCc1ccc(-c2ccc3ccccc3c2)cc1)CS(=O)(=O)OC(C)C. The van der Waals surface area contributed by atoms with Gasteiger partial charge in [0.15, 0.2) is 0 Å². The zero-order valence-corrected chi connectivity index (χ0v) is 22.6. The minimum Gasteiger partial charge on any atom is -0.309 e. The summed E-state index contributed by atoms with van der Waals surface area (Å²) < 4.78 is 54.7. The highest BCUT2D eigenvalue weighted by molar-refractivity contribution is 7.87. The van der Waals surface area contributed by atoms with Crippen molar-refractivity contribution in [2.75, 3.05) is 19.0 Å². The molecule has 0 radical (unpaired) electrons. The number of hydrogen-bond donors (Lipinski definition) is 0. The Kier molecular flexibility index (Phi) is 9.68. The van der Waals surface area contributed by atoms with Crippen molar-refractivity contribution in [1.82, 2.24) is 0 Å². The predicted octanol–water partition coefficient (Wildman–Crippen LogP) is 6.83. The molecule has 0 bridgehead atoms. The molecule has 0 aliphatic rings. The zero-order valence-electron chi connectivity index (χ0n) is 20.8. The van der Waals surface area contributed by atoms with Gasteiger partial charge in [-0.3, -0.25) is 8.75 Å². The molecule has 0 aliphatic carbocycles. The van der Waals surface area contributed by atoms with E-state index in [4.69, 9.17) is 13.2 Å². The molecule has 0 saturated heterocycles. The molecule has 35 heavy (non-hydrogen) atoms. The maximum atomic E-state index is 13.5. The van der Waals surface area contributed by atoms with Crippen molar-refractivity contribution in [2.45, 2.75) is 52.3 Å². The Morgan fingerprint density at radius 3 is 2.03 bits per heavy atom. The second-order valence-electron chi connectivity index (χ2n) is 8.70. The number of rotatable bonds is 13. The first-order valence-electron chi connectivity index (χ1n) is 12.0. The topological polar surface area (TPSA) is 78.9 Å². The monoisotopic (exact) mass is 518 g/mol. The molecule has 0 amide bonds. The third kappa shape index (κ3) is 7.73. The van der Waals surface area contributed by atoms with E-state index < -0.39 is 35.2 Å². The van der Waals surface area contributed by atoms with Crippen LogP contribution < -0.4 is 0 Å². The van der Waals surface area contributed by atoms with Gasteiger partial charge in [-0.1, -0.05) is 60.7 Å². The summed E-state index contributed by atoms with van der Waals surface area (Å²) in [7, 11) is -7.54. The number of aryl methyl sites for hydroxylation is 1. The summed E-state index contributed by atoms with van der Waals surface area (Å²) in [6, 6.07) is 22.8. The zero-order chi connectivity index (χ0) is 25.5. The second-order valence-corrected chi connectivity index (χ2v) is 12.7. The number of hydrogen-bond acceptors (Lipinski definition) is 6. The van der Waals surface area contributed by atoms with Gasteiger partial charge in [-0.05, 0) is 74.1 Å². The first kappa shape index (κ1) is 27.6. The Labute approximate surface area is 209 Å². The number of fused-ring (bicyclic) bond motifs is 1. The molecule has 1 unspecified atom stereocenters. The van der Waals surface area contributed by atoms with E-state index in [1.165, 1.54) is 10.8 Å². The molecule has 3 aromatic rings. The van der Waals surface area contributed by atoms with Gasteiger partial charge in [0, 0.05) is 0 Å². The quantitative estimate of drug-likeness (QED) is 0.182. The lowest BCUT2D eigenvalue weighted by Gasteiger charge is -2.26. The molecule has 190 valence electrons. The van der Waals surface area contributed by atoms with Crippen molar-refractivity contribution in [3.8, 4) is 11.1 Å². The minimum absolute atomic E-state index is 0.166. The van der Waals surface area contributed by atoms with E-state index in [9.17, 15) is 13.0 Å². The van der Waals surface area contributed by atoms with Crippen LogP contribution in [-0.4, -0.2) is 39.1 Å². The lowest BCUT2D eigenvalue weighted by molar-refractivity contribution is 0.210. The molecule has 1 atom stereocenters.